The number of hydrogen-bond donors (Lipinski definition) is 2. The summed E-state index contributed by atoms with van der Waals surface area (Å²) in [7, 11) is 3.17. The monoisotopic (exact) mass is 252 g/mol. The SMILES string of the molecule is CCc1nc(NC)c(C)c(NC(C)C(=O)OC)n1. The van der Waals surface area contributed by atoms with Crippen molar-refractivity contribution in [2.24, 2.45) is 0 Å². The van der Waals surface area contributed by atoms with Gasteiger partial charge in [-0.15, -0.1) is 0 Å². The summed E-state index contributed by atoms with van der Waals surface area (Å²) in [6, 6.07) is -0.446. The first-order chi connectivity index (χ1) is 8.53. The van der Waals surface area contributed by atoms with E-state index in [0.717, 1.165) is 23.6 Å². The predicted molar refractivity (Wildman–Crippen MR) is 70.8 cm³/mol. The molecule has 0 saturated heterocycles. The van der Waals surface area contributed by atoms with Crippen LogP contribution in [-0.4, -0.2) is 36.1 Å². The molecule has 0 spiro atoms. The maximum absolute atomic E-state index is 11.4. The summed E-state index contributed by atoms with van der Waals surface area (Å²) in [4.78, 5) is 20.1. The van der Waals surface area contributed by atoms with Crippen LogP contribution in [0.3, 0.4) is 0 Å². The number of aromatic nitrogens is 2. The third kappa shape index (κ3) is 3.09. The molecular weight excluding hydrogens is 232 g/mol. The van der Waals surface area contributed by atoms with Gasteiger partial charge in [0.2, 0.25) is 0 Å². The van der Waals surface area contributed by atoms with Gasteiger partial charge in [0.1, 0.15) is 23.5 Å². The third-order valence-corrected chi connectivity index (χ3v) is 2.65. The van der Waals surface area contributed by atoms with Crippen molar-refractivity contribution >= 4 is 17.6 Å². The van der Waals surface area contributed by atoms with Crippen LogP contribution in [0.15, 0.2) is 0 Å². The van der Waals surface area contributed by atoms with Crippen molar-refractivity contribution in [3.63, 3.8) is 0 Å². The van der Waals surface area contributed by atoms with E-state index >= 15 is 0 Å². The average molecular weight is 252 g/mol. The van der Waals surface area contributed by atoms with Crippen molar-refractivity contribution in [1.82, 2.24) is 9.97 Å². The summed E-state index contributed by atoms with van der Waals surface area (Å²) in [5.41, 5.74) is 0.880. The Balaban J connectivity index is 3.03. The number of hydrogen-bond acceptors (Lipinski definition) is 6. The van der Waals surface area contributed by atoms with Crippen LogP contribution in [0.4, 0.5) is 11.6 Å². The van der Waals surface area contributed by atoms with Gasteiger partial charge in [0.25, 0.3) is 0 Å². The Kier molecular flexibility index (Phi) is 4.88. The number of ether oxygens (including phenoxy) is 1. The molecular formula is C12H20N4O2. The lowest BCUT2D eigenvalue weighted by Crippen LogP contribution is -2.28. The number of carbonyl (C=O) groups excluding carboxylic acids is 1. The minimum atomic E-state index is -0.446. The minimum Gasteiger partial charge on any atom is -0.467 e. The van der Waals surface area contributed by atoms with E-state index in [4.69, 9.17) is 0 Å². The Hall–Kier alpha value is -1.85. The molecule has 1 aromatic rings. The Labute approximate surface area is 107 Å². The molecule has 0 fully saturated rings. The molecule has 0 aliphatic carbocycles. The second kappa shape index (κ2) is 6.18. The normalized spacial score (nSPS) is 11.8. The zero-order valence-corrected chi connectivity index (χ0v) is 11.5. The molecule has 0 aliphatic heterocycles. The van der Waals surface area contributed by atoms with Gasteiger partial charge in [-0.3, -0.25) is 0 Å². The fourth-order valence-corrected chi connectivity index (χ4v) is 1.55. The number of aryl methyl sites for hydroxylation is 1. The highest BCUT2D eigenvalue weighted by molar-refractivity contribution is 5.78. The lowest BCUT2D eigenvalue weighted by Gasteiger charge is -2.16. The van der Waals surface area contributed by atoms with Gasteiger partial charge in [-0.05, 0) is 13.8 Å². The Bertz CT molecular complexity index is 434. The molecule has 6 heteroatoms. The van der Waals surface area contributed by atoms with Gasteiger partial charge < -0.3 is 15.4 Å². The van der Waals surface area contributed by atoms with Crippen molar-refractivity contribution in [3.8, 4) is 0 Å². The zero-order valence-electron chi connectivity index (χ0n) is 11.5. The smallest absolute Gasteiger partial charge is 0.328 e. The molecule has 0 aliphatic rings. The van der Waals surface area contributed by atoms with Gasteiger partial charge in [0.15, 0.2) is 0 Å². The number of anilines is 2. The molecule has 1 unspecified atom stereocenters. The van der Waals surface area contributed by atoms with Crippen molar-refractivity contribution in [2.75, 3.05) is 24.8 Å². The summed E-state index contributed by atoms with van der Waals surface area (Å²) in [6.45, 7) is 5.62. The maximum Gasteiger partial charge on any atom is 0.328 e. The summed E-state index contributed by atoms with van der Waals surface area (Å²) in [5, 5.41) is 6.06. The number of nitrogens with one attached hydrogen (secondary N) is 2. The molecule has 0 bridgehead atoms. The summed E-state index contributed by atoms with van der Waals surface area (Å²) in [6.07, 6.45) is 0.732. The molecule has 0 amide bonds. The van der Waals surface area contributed by atoms with E-state index in [1.165, 1.54) is 7.11 Å². The largest absolute Gasteiger partial charge is 0.467 e. The van der Waals surface area contributed by atoms with Crippen LogP contribution in [0.1, 0.15) is 25.2 Å². The van der Waals surface area contributed by atoms with E-state index in [9.17, 15) is 4.79 Å². The molecule has 0 radical (unpaired) electrons. The van der Waals surface area contributed by atoms with E-state index in [-0.39, 0.29) is 5.97 Å². The van der Waals surface area contributed by atoms with Gasteiger partial charge in [-0.25, -0.2) is 14.8 Å². The topological polar surface area (TPSA) is 76.1 Å². The molecule has 1 aromatic heterocycles. The molecule has 0 aromatic carbocycles. The van der Waals surface area contributed by atoms with Crippen LogP contribution in [0.2, 0.25) is 0 Å². The number of nitrogens with zero attached hydrogens (tertiary/aromatic N) is 2. The molecule has 1 atom stereocenters. The van der Waals surface area contributed by atoms with Gasteiger partial charge in [0, 0.05) is 19.0 Å². The number of esters is 1. The van der Waals surface area contributed by atoms with E-state index in [1.54, 1.807) is 6.92 Å². The highest BCUT2D eigenvalue weighted by atomic mass is 16.5. The lowest BCUT2D eigenvalue weighted by molar-refractivity contribution is -0.141. The number of carbonyl (C=O) groups is 1. The second-order valence-corrected chi connectivity index (χ2v) is 3.95. The molecule has 2 N–H and O–H groups in total. The summed E-state index contributed by atoms with van der Waals surface area (Å²) in [5.74, 6) is 1.83. The zero-order chi connectivity index (χ0) is 13.7. The van der Waals surface area contributed by atoms with Crippen molar-refractivity contribution in [1.29, 1.82) is 0 Å². The Morgan fingerprint density at radius 1 is 1.39 bits per heavy atom. The Morgan fingerprint density at radius 2 is 2.00 bits per heavy atom. The fraction of sp³-hybridized carbons (Fsp3) is 0.583. The number of rotatable bonds is 5. The molecule has 6 nitrogen and oxygen atoms in total. The molecule has 18 heavy (non-hydrogen) atoms. The highest BCUT2D eigenvalue weighted by Gasteiger charge is 2.16. The fourth-order valence-electron chi connectivity index (χ4n) is 1.55. The minimum absolute atomic E-state index is 0.322. The second-order valence-electron chi connectivity index (χ2n) is 3.95. The molecule has 100 valence electrons. The first kappa shape index (κ1) is 14.2. The van der Waals surface area contributed by atoms with E-state index in [2.05, 4.69) is 25.3 Å². The van der Waals surface area contributed by atoms with Crippen LogP contribution in [-0.2, 0) is 16.0 Å². The van der Waals surface area contributed by atoms with Crippen LogP contribution in [0.25, 0.3) is 0 Å². The quantitative estimate of drug-likeness (QED) is 0.771. The lowest BCUT2D eigenvalue weighted by atomic mass is 10.2. The third-order valence-electron chi connectivity index (χ3n) is 2.65. The van der Waals surface area contributed by atoms with Crippen LogP contribution in [0.5, 0.6) is 0 Å². The van der Waals surface area contributed by atoms with Crippen LogP contribution in [0, 0.1) is 6.92 Å². The van der Waals surface area contributed by atoms with Gasteiger partial charge in [-0.1, -0.05) is 6.92 Å². The van der Waals surface area contributed by atoms with E-state index < -0.39 is 6.04 Å². The van der Waals surface area contributed by atoms with Crippen LogP contribution < -0.4 is 10.6 Å². The molecule has 1 heterocycles. The van der Waals surface area contributed by atoms with Crippen molar-refractivity contribution in [2.45, 2.75) is 33.2 Å². The van der Waals surface area contributed by atoms with Crippen LogP contribution >= 0.6 is 0 Å². The first-order valence-corrected chi connectivity index (χ1v) is 5.93. The average Bonchev–Trinajstić information content (AvgIpc) is 2.39. The standard InChI is InChI=1S/C12H20N4O2/c1-6-9-15-10(13-4)7(2)11(16-9)14-8(3)12(17)18-5/h8H,6H2,1-5H3,(H2,13,14,15,16). The van der Waals surface area contributed by atoms with Gasteiger partial charge >= 0.3 is 5.97 Å². The van der Waals surface area contributed by atoms with Crippen molar-refractivity contribution in [3.05, 3.63) is 11.4 Å². The molecule has 1 rings (SSSR count). The molecule has 0 saturated carbocycles. The first-order valence-electron chi connectivity index (χ1n) is 5.93. The summed E-state index contributed by atoms with van der Waals surface area (Å²) >= 11 is 0. The highest BCUT2D eigenvalue weighted by Crippen LogP contribution is 2.20. The summed E-state index contributed by atoms with van der Waals surface area (Å²) < 4.78 is 4.68. The van der Waals surface area contributed by atoms with Crippen molar-refractivity contribution < 1.29 is 9.53 Å². The van der Waals surface area contributed by atoms with E-state index in [0.29, 0.717) is 5.82 Å². The van der Waals surface area contributed by atoms with Gasteiger partial charge in [-0.2, -0.15) is 0 Å². The predicted octanol–water partition coefficient (Wildman–Crippen LogP) is 1.36. The number of methoxy groups -OCH3 is 1. The van der Waals surface area contributed by atoms with E-state index in [1.807, 2.05) is 20.9 Å². The van der Waals surface area contributed by atoms with Gasteiger partial charge in [0.05, 0.1) is 7.11 Å². The Morgan fingerprint density at radius 3 is 2.50 bits per heavy atom. The maximum atomic E-state index is 11.4.